The lowest BCUT2D eigenvalue weighted by Crippen LogP contribution is -2.37. The minimum atomic E-state index is -0.152. The van der Waals surface area contributed by atoms with Crippen molar-refractivity contribution in [2.24, 2.45) is 0 Å². The quantitative estimate of drug-likeness (QED) is 0.840. The average Bonchev–Trinajstić information content (AvgIpc) is 2.93. The van der Waals surface area contributed by atoms with Crippen molar-refractivity contribution >= 4 is 11.8 Å². The Morgan fingerprint density at radius 1 is 1.04 bits per heavy atom. The summed E-state index contributed by atoms with van der Waals surface area (Å²) in [6.07, 6.45) is 5.22. The maximum Gasteiger partial charge on any atom is 0.274 e. The molecule has 0 aliphatic carbocycles. The molecule has 3 rings (SSSR count). The maximum atomic E-state index is 13.0. The molecule has 26 heavy (non-hydrogen) atoms. The normalized spacial score (nSPS) is 14.7. The summed E-state index contributed by atoms with van der Waals surface area (Å²) in [5.74, 6) is 0.345. The van der Waals surface area contributed by atoms with Crippen LogP contribution in [0, 0.1) is 6.92 Å². The third-order valence-corrected chi connectivity index (χ3v) is 4.44. The molecule has 1 aromatic heterocycles. The molecule has 1 aliphatic heterocycles. The van der Waals surface area contributed by atoms with Crippen LogP contribution in [0.2, 0.25) is 0 Å². The summed E-state index contributed by atoms with van der Waals surface area (Å²) < 4.78 is 5.33. The van der Waals surface area contributed by atoms with Gasteiger partial charge in [0.25, 0.3) is 11.8 Å². The topological polar surface area (TPSA) is 75.6 Å². The molecular formula is C19H22N4O3. The van der Waals surface area contributed by atoms with Crippen LogP contribution in [-0.2, 0) is 0 Å². The monoisotopic (exact) mass is 354 g/mol. The van der Waals surface area contributed by atoms with E-state index in [9.17, 15) is 9.59 Å². The maximum absolute atomic E-state index is 13.0. The van der Waals surface area contributed by atoms with Crippen LogP contribution in [-0.4, -0.2) is 64.9 Å². The number of aryl methyl sites for hydroxylation is 1. The molecule has 0 unspecified atom stereocenters. The Morgan fingerprint density at radius 2 is 1.77 bits per heavy atom. The molecule has 1 aliphatic rings. The van der Waals surface area contributed by atoms with Gasteiger partial charge in [-0.25, -0.2) is 4.98 Å². The first-order chi connectivity index (χ1) is 12.6. The first kappa shape index (κ1) is 17.8. The molecule has 0 spiro atoms. The van der Waals surface area contributed by atoms with Crippen molar-refractivity contribution < 1.29 is 14.3 Å². The highest BCUT2D eigenvalue weighted by Gasteiger charge is 2.25. The van der Waals surface area contributed by atoms with Crippen molar-refractivity contribution in [2.75, 3.05) is 33.3 Å². The van der Waals surface area contributed by atoms with Crippen molar-refractivity contribution in [1.82, 2.24) is 19.8 Å². The van der Waals surface area contributed by atoms with Crippen LogP contribution in [0.15, 0.2) is 36.8 Å². The molecule has 0 atom stereocenters. The fourth-order valence-electron chi connectivity index (χ4n) is 3.05. The van der Waals surface area contributed by atoms with Crippen LogP contribution in [0.4, 0.5) is 0 Å². The average molecular weight is 354 g/mol. The van der Waals surface area contributed by atoms with Gasteiger partial charge >= 0.3 is 0 Å². The van der Waals surface area contributed by atoms with Gasteiger partial charge in [0.05, 0.1) is 18.9 Å². The molecule has 0 N–H and O–H groups in total. The number of methoxy groups -OCH3 is 1. The highest BCUT2D eigenvalue weighted by atomic mass is 16.5. The molecule has 0 radical (unpaired) electrons. The van der Waals surface area contributed by atoms with Gasteiger partial charge in [-0.1, -0.05) is 11.6 Å². The van der Waals surface area contributed by atoms with E-state index in [1.807, 2.05) is 25.1 Å². The number of rotatable bonds is 3. The Morgan fingerprint density at radius 3 is 2.42 bits per heavy atom. The largest absolute Gasteiger partial charge is 0.496 e. The van der Waals surface area contributed by atoms with E-state index in [4.69, 9.17) is 4.74 Å². The Hall–Kier alpha value is -2.96. The highest BCUT2D eigenvalue weighted by Crippen LogP contribution is 2.22. The number of carbonyl (C=O) groups excluding carboxylic acids is 2. The summed E-state index contributed by atoms with van der Waals surface area (Å²) >= 11 is 0. The molecule has 1 saturated heterocycles. The Balaban J connectivity index is 1.72. The molecule has 2 aromatic rings. The lowest BCUT2D eigenvalue weighted by molar-refractivity contribution is 0.0713. The predicted octanol–water partition coefficient (Wildman–Crippen LogP) is 1.78. The second kappa shape index (κ2) is 7.95. The number of hydrogen-bond acceptors (Lipinski definition) is 5. The van der Waals surface area contributed by atoms with E-state index >= 15 is 0 Å². The highest BCUT2D eigenvalue weighted by molar-refractivity contribution is 5.97. The second-order valence-electron chi connectivity index (χ2n) is 6.23. The number of hydrogen-bond donors (Lipinski definition) is 0. The standard InChI is InChI=1S/C19H22N4O3/c1-14-4-5-17(26-2)15(12-14)18(24)22-8-3-9-23(11-10-22)19(25)16-13-20-6-7-21-16/h4-7,12-13H,3,8-11H2,1-2H3. The van der Waals surface area contributed by atoms with E-state index in [-0.39, 0.29) is 11.8 Å². The lowest BCUT2D eigenvalue weighted by Gasteiger charge is -2.23. The van der Waals surface area contributed by atoms with Gasteiger partial charge in [0.2, 0.25) is 0 Å². The smallest absolute Gasteiger partial charge is 0.274 e. The third-order valence-electron chi connectivity index (χ3n) is 4.44. The van der Waals surface area contributed by atoms with Crippen LogP contribution in [0.1, 0.15) is 32.8 Å². The van der Waals surface area contributed by atoms with Gasteiger partial charge in [-0.2, -0.15) is 0 Å². The van der Waals surface area contributed by atoms with E-state index < -0.39 is 0 Å². The van der Waals surface area contributed by atoms with Gasteiger partial charge in [0.1, 0.15) is 11.4 Å². The van der Waals surface area contributed by atoms with E-state index in [0.717, 1.165) is 5.56 Å². The molecule has 7 heteroatoms. The predicted molar refractivity (Wildman–Crippen MR) is 96.2 cm³/mol. The van der Waals surface area contributed by atoms with Crippen molar-refractivity contribution in [3.8, 4) is 5.75 Å². The Labute approximate surface area is 152 Å². The van der Waals surface area contributed by atoms with E-state index in [0.29, 0.717) is 49.6 Å². The van der Waals surface area contributed by atoms with Crippen molar-refractivity contribution in [3.05, 3.63) is 53.6 Å². The van der Waals surface area contributed by atoms with Gasteiger partial charge in [-0.15, -0.1) is 0 Å². The van der Waals surface area contributed by atoms with Gasteiger partial charge < -0.3 is 14.5 Å². The summed E-state index contributed by atoms with van der Waals surface area (Å²) in [4.78, 5) is 37.0. The summed E-state index contributed by atoms with van der Waals surface area (Å²) in [7, 11) is 1.56. The number of carbonyl (C=O) groups is 2. The van der Waals surface area contributed by atoms with Crippen LogP contribution in [0.5, 0.6) is 5.75 Å². The van der Waals surface area contributed by atoms with Crippen molar-refractivity contribution in [3.63, 3.8) is 0 Å². The van der Waals surface area contributed by atoms with E-state index in [1.54, 1.807) is 16.9 Å². The van der Waals surface area contributed by atoms with E-state index in [1.165, 1.54) is 18.6 Å². The van der Waals surface area contributed by atoms with Crippen LogP contribution >= 0.6 is 0 Å². The molecule has 0 saturated carbocycles. The lowest BCUT2D eigenvalue weighted by atomic mass is 10.1. The molecule has 2 heterocycles. The van der Waals surface area contributed by atoms with Gasteiger partial charge in [-0.3, -0.25) is 14.6 Å². The fourth-order valence-corrected chi connectivity index (χ4v) is 3.05. The van der Waals surface area contributed by atoms with Gasteiger partial charge in [0.15, 0.2) is 0 Å². The summed E-state index contributed by atoms with van der Waals surface area (Å²) in [5.41, 5.74) is 1.89. The molecule has 1 fully saturated rings. The first-order valence-corrected chi connectivity index (χ1v) is 8.59. The minimum absolute atomic E-state index is 0.0700. The summed E-state index contributed by atoms with van der Waals surface area (Å²) in [6, 6.07) is 5.57. The molecular weight excluding hydrogens is 332 g/mol. The first-order valence-electron chi connectivity index (χ1n) is 8.59. The Kier molecular flexibility index (Phi) is 5.46. The van der Waals surface area contributed by atoms with Crippen molar-refractivity contribution in [1.29, 1.82) is 0 Å². The molecule has 1 aromatic carbocycles. The van der Waals surface area contributed by atoms with Gasteiger partial charge in [0, 0.05) is 38.6 Å². The third kappa shape index (κ3) is 3.82. The van der Waals surface area contributed by atoms with Crippen LogP contribution < -0.4 is 4.74 Å². The number of benzene rings is 1. The van der Waals surface area contributed by atoms with E-state index in [2.05, 4.69) is 9.97 Å². The number of aromatic nitrogens is 2. The Bertz CT molecular complexity index is 795. The zero-order chi connectivity index (χ0) is 18.5. The second-order valence-corrected chi connectivity index (χ2v) is 6.23. The summed E-state index contributed by atoms with van der Waals surface area (Å²) in [6.45, 7) is 4.07. The number of ether oxygens (including phenoxy) is 1. The molecule has 136 valence electrons. The number of amides is 2. The zero-order valence-electron chi connectivity index (χ0n) is 15.0. The van der Waals surface area contributed by atoms with Gasteiger partial charge in [-0.05, 0) is 25.5 Å². The summed E-state index contributed by atoms with van der Waals surface area (Å²) in [5, 5.41) is 0. The van der Waals surface area contributed by atoms with Crippen molar-refractivity contribution in [2.45, 2.75) is 13.3 Å². The molecule has 2 amide bonds. The van der Waals surface area contributed by atoms with Crippen LogP contribution in [0.25, 0.3) is 0 Å². The fraction of sp³-hybridized carbons (Fsp3) is 0.368. The van der Waals surface area contributed by atoms with Crippen LogP contribution in [0.3, 0.4) is 0 Å². The minimum Gasteiger partial charge on any atom is -0.496 e. The molecule has 7 nitrogen and oxygen atoms in total. The SMILES string of the molecule is COc1ccc(C)cc1C(=O)N1CCCN(C(=O)c2cnccn2)CC1. The molecule has 0 bridgehead atoms. The zero-order valence-corrected chi connectivity index (χ0v) is 15.0. The number of nitrogens with zero attached hydrogens (tertiary/aromatic N) is 4.